The molecule has 21 heavy (non-hydrogen) atoms. The molecule has 0 fully saturated rings. The molecule has 0 saturated heterocycles. The largest absolute Gasteiger partial charge is 0.417 e. The molecular weight excluding hydrogens is 301 g/mol. The Balaban J connectivity index is 2.69. The topological polar surface area (TPSA) is 47.3 Å². The molecule has 0 aliphatic rings. The molecule has 0 spiro atoms. The number of ether oxygens (including phenoxy) is 1. The number of anilines is 1. The third-order valence-corrected chi connectivity index (χ3v) is 2.84. The molecule has 0 saturated carbocycles. The molecule has 1 aromatic rings. The average Bonchev–Trinajstić information content (AvgIpc) is 2.36. The number of halogens is 3. The molecule has 0 aromatic heterocycles. The fraction of sp³-hybridized carbons (Fsp3) is 0.500. The lowest BCUT2D eigenvalue weighted by Crippen LogP contribution is -2.19. The van der Waals surface area contributed by atoms with Crippen molar-refractivity contribution in [2.24, 2.45) is 11.7 Å². The minimum absolute atomic E-state index is 0.175. The number of rotatable bonds is 7. The van der Waals surface area contributed by atoms with E-state index in [1.165, 1.54) is 12.1 Å². The maximum Gasteiger partial charge on any atom is 0.417 e. The zero-order chi connectivity index (χ0) is 16.0. The maximum absolute atomic E-state index is 12.8. The van der Waals surface area contributed by atoms with E-state index in [9.17, 15) is 13.2 Å². The third-order valence-electron chi connectivity index (χ3n) is 2.62. The monoisotopic (exact) mass is 320 g/mol. The minimum Gasteiger partial charge on any atom is -0.389 e. The van der Waals surface area contributed by atoms with E-state index >= 15 is 0 Å². The van der Waals surface area contributed by atoms with Gasteiger partial charge in [-0.3, -0.25) is 0 Å². The fourth-order valence-electron chi connectivity index (χ4n) is 1.69. The van der Waals surface area contributed by atoms with Gasteiger partial charge in [-0.15, -0.1) is 0 Å². The molecule has 3 nitrogen and oxygen atoms in total. The van der Waals surface area contributed by atoms with Gasteiger partial charge in [0.15, 0.2) is 0 Å². The Kier molecular flexibility index (Phi) is 6.42. The van der Waals surface area contributed by atoms with Crippen LogP contribution in [0.1, 0.15) is 25.0 Å². The molecule has 7 heteroatoms. The average molecular weight is 320 g/mol. The van der Waals surface area contributed by atoms with E-state index in [1.807, 2.05) is 13.8 Å². The number of nitrogens with one attached hydrogen (secondary N) is 1. The van der Waals surface area contributed by atoms with Crippen molar-refractivity contribution in [3.8, 4) is 0 Å². The quantitative estimate of drug-likeness (QED) is 0.597. The van der Waals surface area contributed by atoms with Crippen molar-refractivity contribution in [1.29, 1.82) is 0 Å². The van der Waals surface area contributed by atoms with Crippen LogP contribution in [0.5, 0.6) is 0 Å². The van der Waals surface area contributed by atoms with Gasteiger partial charge in [0.25, 0.3) is 0 Å². The molecule has 0 bridgehead atoms. The van der Waals surface area contributed by atoms with Crippen LogP contribution >= 0.6 is 12.2 Å². The van der Waals surface area contributed by atoms with Crippen LogP contribution in [-0.2, 0) is 10.9 Å². The van der Waals surface area contributed by atoms with Crippen LogP contribution in [0.3, 0.4) is 0 Å². The van der Waals surface area contributed by atoms with Crippen LogP contribution in [0.2, 0.25) is 0 Å². The highest BCUT2D eigenvalue weighted by molar-refractivity contribution is 7.80. The highest BCUT2D eigenvalue weighted by atomic mass is 32.1. The number of nitrogens with two attached hydrogens (primary N) is 1. The van der Waals surface area contributed by atoms with E-state index in [-0.39, 0.29) is 10.6 Å². The molecule has 0 aliphatic heterocycles. The van der Waals surface area contributed by atoms with Crippen molar-refractivity contribution >= 4 is 22.9 Å². The number of thiocarbonyl (C=S) groups is 1. The SMILES string of the molecule is CC(C)COCCNc1ccc(C(F)(F)F)c(C(N)=S)c1. The number of hydrogen-bond acceptors (Lipinski definition) is 3. The van der Waals surface area contributed by atoms with Gasteiger partial charge in [-0.1, -0.05) is 26.1 Å². The van der Waals surface area contributed by atoms with Crippen LogP contribution in [0.4, 0.5) is 18.9 Å². The van der Waals surface area contributed by atoms with Crippen molar-refractivity contribution < 1.29 is 17.9 Å². The van der Waals surface area contributed by atoms with E-state index in [1.54, 1.807) is 0 Å². The Morgan fingerprint density at radius 2 is 2.05 bits per heavy atom. The maximum atomic E-state index is 12.8. The summed E-state index contributed by atoms with van der Waals surface area (Å²) in [6.45, 7) is 5.69. The van der Waals surface area contributed by atoms with E-state index in [0.717, 1.165) is 6.07 Å². The Hall–Kier alpha value is -1.34. The summed E-state index contributed by atoms with van der Waals surface area (Å²) in [5.74, 6) is 0.442. The Morgan fingerprint density at radius 1 is 1.38 bits per heavy atom. The van der Waals surface area contributed by atoms with Gasteiger partial charge < -0.3 is 15.8 Å². The number of benzene rings is 1. The summed E-state index contributed by atoms with van der Waals surface area (Å²) >= 11 is 4.69. The summed E-state index contributed by atoms with van der Waals surface area (Å²) in [4.78, 5) is -0.276. The predicted octanol–water partition coefficient (Wildman–Crippen LogP) is 3.42. The first-order valence-corrected chi connectivity index (χ1v) is 6.95. The van der Waals surface area contributed by atoms with Crippen molar-refractivity contribution in [3.63, 3.8) is 0 Å². The molecule has 0 radical (unpaired) electrons. The number of alkyl halides is 3. The first-order valence-electron chi connectivity index (χ1n) is 6.54. The fourth-order valence-corrected chi connectivity index (χ4v) is 1.86. The second-order valence-corrected chi connectivity index (χ2v) is 5.46. The van der Waals surface area contributed by atoms with E-state index in [0.29, 0.717) is 31.4 Å². The van der Waals surface area contributed by atoms with Crippen LogP contribution in [-0.4, -0.2) is 24.7 Å². The third kappa shape index (κ3) is 5.89. The summed E-state index contributed by atoms with van der Waals surface area (Å²) < 4.78 is 43.8. The molecular formula is C14H19F3N2OS. The molecule has 0 amide bonds. The van der Waals surface area contributed by atoms with Crippen LogP contribution < -0.4 is 11.1 Å². The first-order chi connectivity index (χ1) is 9.71. The summed E-state index contributed by atoms with van der Waals surface area (Å²) in [6.07, 6.45) is -4.47. The molecule has 1 aromatic carbocycles. The standard InChI is InChI=1S/C14H19F3N2OS/c1-9(2)8-20-6-5-19-10-3-4-12(14(15,16)17)11(7-10)13(18)21/h3-4,7,9,19H,5-6,8H2,1-2H3,(H2,18,21). The number of hydrogen-bond donors (Lipinski definition) is 2. The molecule has 0 atom stereocenters. The molecule has 0 aliphatic carbocycles. The summed E-state index contributed by atoms with van der Waals surface area (Å²) in [7, 11) is 0. The van der Waals surface area contributed by atoms with E-state index in [2.05, 4.69) is 17.5 Å². The smallest absolute Gasteiger partial charge is 0.389 e. The summed E-state index contributed by atoms with van der Waals surface area (Å²) in [5, 5.41) is 2.98. The van der Waals surface area contributed by atoms with E-state index < -0.39 is 11.7 Å². The van der Waals surface area contributed by atoms with Gasteiger partial charge in [-0.25, -0.2) is 0 Å². The lowest BCUT2D eigenvalue weighted by molar-refractivity contribution is -0.137. The van der Waals surface area contributed by atoms with E-state index in [4.69, 9.17) is 10.5 Å². The molecule has 118 valence electrons. The highest BCUT2D eigenvalue weighted by Crippen LogP contribution is 2.33. The van der Waals surface area contributed by atoms with Crippen molar-refractivity contribution in [3.05, 3.63) is 29.3 Å². The molecule has 1 rings (SSSR count). The highest BCUT2D eigenvalue weighted by Gasteiger charge is 2.33. The van der Waals surface area contributed by atoms with Crippen molar-refractivity contribution in [1.82, 2.24) is 0 Å². The summed E-state index contributed by atoms with van der Waals surface area (Å²) in [5.41, 5.74) is 4.90. The molecule has 0 heterocycles. The van der Waals surface area contributed by atoms with Crippen LogP contribution in [0, 0.1) is 5.92 Å². The van der Waals surface area contributed by atoms with Gasteiger partial charge in [0.1, 0.15) is 4.99 Å². The minimum atomic E-state index is -4.47. The second kappa shape index (κ2) is 7.61. The van der Waals surface area contributed by atoms with Crippen molar-refractivity contribution in [2.45, 2.75) is 20.0 Å². The Bertz CT molecular complexity index is 490. The van der Waals surface area contributed by atoms with Gasteiger partial charge in [-0.2, -0.15) is 13.2 Å². The summed E-state index contributed by atoms with van der Waals surface area (Å²) in [6, 6.07) is 3.65. The zero-order valence-corrected chi connectivity index (χ0v) is 12.8. The molecule has 3 N–H and O–H groups in total. The second-order valence-electron chi connectivity index (χ2n) is 5.02. The lowest BCUT2D eigenvalue weighted by Gasteiger charge is -2.14. The predicted molar refractivity (Wildman–Crippen MR) is 81.5 cm³/mol. The van der Waals surface area contributed by atoms with Gasteiger partial charge in [-0.05, 0) is 24.1 Å². The Morgan fingerprint density at radius 3 is 2.57 bits per heavy atom. The first kappa shape index (κ1) is 17.7. The lowest BCUT2D eigenvalue weighted by atomic mass is 10.1. The molecule has 0 unspecified atom stereocenters. The normalized spacial score (nSPS) is 11.7. The van der Waals surface area contributed by atoms with Gasteiger partial charge in [0.2, 0.25) is 0 Å². The van der Waals surface area contributed by atoms with Crippen LogP contribution in [0.15, 0.2) is 18.2 Å². The van der Waals surface area contributed by atoms with Crippen molar-refractivity contribution in [2.75, 3.05) is 25.1 Å². The van der Waals surface area contributed by atoms with Gasteiger partial charge >= 0.3 is 6.18 Å². The Labute approximate surface area is 127 Å². The van der Waals surface area contributed by atoms with Gasteiger partial charge in [0.05, 0.1) is 12.2 Å². The van der Waals surface area contributed by atoms with Gasteiger partial charge in [0, 0.05) is 24.4 Å². The van der Waals surface area contributed by atoms with Crippen LogP contribution in [0.25, 0.3) is 0 Å². The zero-order valence-electron chi connectivity index (χ0n) is 12.0.